The zero-order valence-electron chi connectivity index (χ0n) is 13.5. The topological polar surface area (TPSA) is 47.4 Å². The van der Waals surface area contributed by atoms with Crippen molar-refractivity contribution in [1.82, 2.24) is 9.55 Å². The number of halogens is 3. The van der Waals surface area contributed by atoms with Crippen LogP contribution in [0.1, 0.15) is 12.5 Å². The highest BCUT2D eigenvalue weighted by molar-refractivity contribution is 6.39. The minimum Gasteiger partial charge on any atom is -0.487 e. The number of ether oxygens (including phenoxy) is 1. The number of aromatic nitrogens is 2. The van der Waals surface area contributed by atoms with E-state index in [2.05, 4.69) is 4.98 Å². The van der Waals surface area contributed by atoms with Crippen molar-refractivity contribution in [3.05, 3.63) is 51.7 Å². The van der Waals surface area contributed by atoms with Crippen molar-refractivity contribution in [2.24, 2.45) is 0 Å². The number of fused-ring (bicyclic) bond motifs is 1. The highest BCUT2D eigenvalue weighted by Crippen LogP contribution is 2.28. The second-order valence-electron chi connectivity index (χ2n) is 5.95. The van der Waals surface area contributed by atoms with Crippen LogP contribution >= 0.6 is 0 Å². The van der Waals surface area contributed by atoms with Gasteiger partial charge in [0.05, 0.1) is 5.40 Å². The van der Waals surface area contributed by atoms with Gasteiger partial charge in [0.1, 0.15) is 21.5 Å². The normalized spacial score (nSPS) is 16.8. The number of benzene rings is 1. The monoisotopic (exact) mass is 345 g/mol. The van der Waals surface area contributed by atoms with Gasteiger partial charge >= 0.3 is 5.69 Å². The van der Waals surface area contributed by atoms with Gasteiger partial charge in [-0.05, 0) is 24.6 Å². The van der Waals surface area contributed by atoms with E-state index in [1.807, 2.05) is 11.8 Å². The maximum atomic E-state index is 13.4. The zero-order chi connectivity index (χ0) is 18.5. The van der Waals surface area contributed by atoms with Crippen LogP contribution in [0.5, 0.6) is 5.88 Å². The second kappa shape index (κ2) is 5.86. The number of likely N-dealkylation sites (N-methyl/N-ethyl adjacent to an activating group) is 1. The summed E-state index contributed by atoms with van der Waals surface area (Å²) in [4.78, 5) is 17.7. The Bertz CT molecular complexity index is 881. The lowest BCUT2D eigenvalue weighted by Gasteiger charge is -2.28. The number of anilines is 1. The van der Waals surface area contributed by atoms with Gasteiger partial charge < -0.3 is 9.64 Å². The molecule has 0 fully saturated rings. The average molecular weight is 345 g/mol. The van der Waals surface area contributed by atoms with Crippen molar-refractivity contribution in [2.45, 2.75) is 24.9 Å². The third-order valence-electron chi connectivity index (χ3n) is 4.14. The molecule has 0 saturated carbocycles. The fraction of sp³-hybridized carbons (Fsp3) is 0.333. The quantitative estimate of drug-likeness (QED) is 0.616. The second-order valence-corrected chi connectivity index (χ2v) is 5.95. The number of hydrogen-bond donors (Lipinski definition) is 0. The molecule has 25 heavy (non-hydrogen) atoms. The summed E-state index contributed by atoms with van der Waals surface area (Å²) in [7, 11) is 13.3. The summed E-state index contributed by atoms with van der Waals surface area (Å²) >= 11 is 0. The summed E-state index contributed by atoms with van der Waals surface area (Å²) in [6.45, 7) is 2.38. The lowest BCUT2D eigenvalue weighted by Crippen LogP contribution is -2.36. The van der Waals surface area contributed by atoms with E-state index >= 15 is 0 Å². The van der Waals surface area contributed by atoms with Crippen molar-refractivity contribution in [3.63, 3.8) is 0 Å². The van der Waals surface area contributed by atoms with E-state index in [9.17, 15) is 18.0 Å². The van der Waals surface area contributed by atoms with E-state index in [1.54, 1.807) is 7.05 Å². The highest BCUT2D eigenvalue weighted by Gasteiger charge is 2.29. The average Bonchev–Trinajstić information content (AvgIpc) is 2.80. The third kappa shape index (κ3) is 3.01. The maximum absolute atomic E-state index is 13.4. The van der Waals surface area contributed by atoms with Crippen LogP contribution in [-0.2, 0) is 11.9 Å². The molecule has 1 atom stereocenters. The fourth-order valence-electron chi connectivity index (χ4n) is 2.61. The van der Waals surface area contributed by atoms with E-state index in [-0.39, 0.29) is 17.5 Å². The van der Waals surface area contributed by atoms with Crippen LogP contribution in [0.2, 0.25) is 0 Å². The van der Waals surface area contributed by atoms with Crippen LogP contribution in [0.15, 0.2) is 23.0 Å². The molecule has 10 heteroatoms. The van der Waals surface area contributed by atoms with Gasteiger partial charge in [-0.25, -0.2) is 18.0 Å². The smallest absolute Gasteiger partial charge is 0.352 e. The first kappa shape index (κ1) is 17.4. The molecule has 0 unspecified atom stereocenters. The van der Waals surface area contributed by atoms with Crippen LogP contribution in [0.4, 0.5) is 19.0 Å². The first-order valence-corrected chi connectivity index (χ1v) is 7.36. The summed E-state index contributed by atoms with van der Waals surface area (Å²) in [5.41, 5.74) is -0.927. The SMILES string of the molecule is [B]C([B])(Oc1cc2n(c(=O)n1)C[C@H](C)N2C)c1cc(F)c(F)c(F)c1. The Kier molecular flexibility index (Phi) is 4.09. The van der Waals surface area contributed by atoms with Crippen LogP contribution < -0.4 is 15.3 Å². The van der Waals surface area contributed by atoms with Gasteiger partial charge in [0, 0.05) is 25.7 Å². The molecule has 3 rings (SSSR count). The number of hydrogen-bond acceptors (Lipinski definition) is 4. The van der Waals surface area contributed by atoms with Gasteiger partial charge in [-0.15, -0.1) is 0 Å². The Balaban J connectivity index is 1.97. The van der Waals surface area contributed by atoms with Crippen molar-refractivity contribution in [1.29, 1.82) is 0 Å². The van der Waals surface area contributed by atoms with Gasteiger partial charge in [-0.1, -0.05) is 0 Å². The molecule has 1 aromatic heterocycles. The van der Waals surface area contributed by atoms with Gasteiger partial charge in [0.25, 0.3) is 0 Å². The van der Waals surface area contributed by atoms with Gasteiger partial charge in [0.15, 0.2) is 17.5 Å². The number of rotatable bonds is 3. The molecule has 0 N–H and O–H groups in total. The first-order valence-electron chi connectivity index (χ1n) is 7.36. The molecule has 1 aliphatic heterocycles. The van der Waals surface area contributed by atoms with Crippen molar-refractivity contribution in [3.8, 4) is 5.88 Å². The third-order valence-corrected chi connectivity index (χ3v) is 4.14. The van der Waals surface area contributed by atoms with Crippen LogP contribution in [0.25, 0.3) is 0 Å². The Morgan fingerprint density at radius 2 is 1.84 bits per heavy atom. The molecule has 2 aromatic rings. The number of nitrogens with zero attached hydrogens (tertiary/aromatic N) is 3. The Labute approximate surface area is 144 Å². The predicted molar refractivity (Wildman–Crippen MR) is 86.5 cm³/mol. The van der Waals surface area contributed by atoms with Crippen molar-refractivity contribution in [2.75, 3.05) is 11.9 Å². The van der Waals surface area contributed by atoms with Crippen LogP contribution in [0.3, 0.4) is 0 Å². The standard InChI is InChI=1S/C15H12B2F3N3O2/c1-7-6-23-12(22(7)2)5-11(21-14(23)24)25-15(16,17)8-3-9(18)13(20)10(19)4-8/h3-5,7H,6H2,1-2H3/t7-/m0/s1. The highest BCUT2D eigenvalue weighted by atomic mass is 19.2. The molecule has 2 heterocycles. The minimum absolute atomic E-state index is 0.0746. The largest absolute Gasteiger partial charge is 0.487 e. The first-order chi connectivity index (χ1) is 11.6. The van der Waals surface area contributed by atoms with E-state index in [1.165, 1.54) is 10.6 Å². The van der Waals surface area contributed by atoms with E-state index in [0.29, 0.717) is 24.5 Å². The van der Waals surface area contributed by atoms with E-state index in [0.717, 1.165) is 0 Å². The minimum atomic E-state index is -2.23. The summed E-state index contributed by atoms with van der Waals surface area (Å²) in [5, 5.41) is -2.23. The van der Waals surface area contributed by atoms with Gasteiger partial charge in [0.2, 0.25) is 5.88 Å². The molecular formula is C15H12B2F3N3O2. The molecular weight excluding hydrogens is 333 g/mol. The van der Waals surface area contributed by atoms with E-state index in [4.69, 9.17) is 20.4 Å². The molecule has 0 aliphatic carbocycles. The molecule has 0 spiro atoms. The Morgan fingerprint density at radius 3 is 2.44 bits per heavy atom. The summed E-state index contributed by atoms with van der Waals surface area (Å²) < 4.78 is 46.6. The fourth-order valence-corrected chi connectivity index (χ4v) is 2.61. The summed E-state index contributed by atoms with van der Waals surface area (Å²) in [6.07, 6.45) is 0. The molecule has 0 amide bonds. The molecule has 4 radical (unpaired) electrons. The Morgan fingerprint density at radius 1 is 1.24 bits per heavy atom. The van der Waals surface area contributed by atoms with Gasteiger partial charge in [-0.2, -0.15) is 4.98 Å². The molecule has 126 valence electrons. The molecule has 1 aliphatic rings. The molecule has 5 nitrogen and oxygen atoms in total. The summed E-state index contributed by atoms with van der Waals surface area (Å²) in [6, 6.07) is 2.75. The Hall–Kier alpha value is -2.38. The maximum Gasteiger partial charge on any atom is 0.352 e. The zero-order valence-corrected chi connectivity index (χ0v) is 13.5. The van der Waals surface area contributed by atoms with E-state index < -0.39 is 28.5 Å². The lowest BCUT2D eigenvalue weighted by molar-refractivity contribution is 0.231. The van der Waals surface area contributed by atoms with Crippen molar-refractivity contribution >= 4 is 21.5 Å². The molecule has 1 aromatic carbocycles. The van der Waals surface area contributed by atoms with Crippen LogP contribution in [0, 0.1) is 17.5 Å². The molecule has 0 saturated heterocycles. The van der Waals surface area contributed by atoms with Crippen molar-refractivity contribution < 1.29 is 17.9 Å². The summed E-state index contributed by atoms with van der Waals surface area (Å²) in [5.74, 6) is -4.25. The van der Waals surface area contributed by atoms with Crippen LogP contribution in [-0.4, -0.2) is 38.3 Å². The molecule has 0 bridgehead atoms. The van der Waals surface area contributed by atoms with Gasteiger partial charge in [-0.3, -0.25) is 4.57 Å². The predicted octanol–water partition coefficient (Wildman–Crippen LogP) is 1.03. The lowest BCUT2D eigenvalue weighted by atomic mass is 9.61.